The molecular formula is C22H45IN6O3. The van der Waals surface area contributed by atoms with Gasteiger partial charge in [-0.1, -0.05) is 20.3 Å². The Labute approximate surface area is 211 Å². The van der Waals surface area contributed by atoms with E-state index >= 15 is 0 Å². The Bertz CT molecular complexity index is 575. The Morgan fingerprint density at radius 1 is 1.12 bits per heavy atom. The molecule has 0 aliphatic carbocycles. The van der Waals surface area contributed by atoms with Crippen LogP contribution >= 0.6 is 24.0 Å². The van der Waals surface area contributed by atoms with Crippen molar-refractivity contribution in [3.8, 4) is 0 Å². The van der Waals surface area contributed by atoms with Crippen molar-refractivity contribution < 1.29 is 14.3 Å². The van der Waals surface area contributed by atoms with Crippen LogP contribution in [0.25, 0.3) is 0 Å². The number of carbonyl (C=O) groups is 2. The SMILES string of the molecule is CCCNC(=O)CN1CCC(NC(=NC)NCC(CCC)NC(=O)OC(C)(C)C)CC1.I. The first-order valence-electron chi connectivity index (χ1n) is 11.6. The van der Waals surface area contributed by atoms with Gasteiger partial charge >= 0.3 is 6.09 Å². The minimum absolute atomic E-state index is 0. The van der Waals surface area contributed by atoms with Crippen LogP contribution in [0.15, 0.2) is 4.99 Å². The number of likely N-dealkylation sites (tertiary alicyclic amines) is 1. The van der Waals surface area contributed by atoms with Gasteiger partial charge in [-0.25, -0.2) is 4.79 Å². The molecule has 1 saturated heterocycles. The standard InChI is InChI=1S/C22H44N6O3.HI/c1-7-9-18(27-21(30)31-22(3,4)5)15-25-20(23-6)26-17-10-13-28(14-11-17)16-19(29)24-12-8-2;/h17-18H,7-16H2,1-6H3,(H,24,29)(H,27,30)(H2,23,25,26);1H. The highest BCUT2D eigenvalue weighted by Crippen LogP contribution is 2.10. The first-order chi connectivity index (χ1) is 14.7. The van der Waals surface area contributed by atoms with Gasteiger partial charge in [0, 0.05) is 45.3 Å². The van der Waals surface area contributed by atoms with Crippen molar-refractivity contribution in [3.05, 3.63) is 0 Å². The van der Waals surface area contributed by atoms with E-state index in [2.05, 4.69) is 45.0 Å². The van der Waals surface area contributed by atoms with Crippen LogP contribution in [0.2, 0.25) is 0 Å². The third kappa shape index (κ3) is 14.0. The van der Waals surface area contributed by atoms with Crippen LogP contribution in [-0.2, 0) is 9.53 Å². The summed E-state index contributed by atoms with van der Waals surface area (Å²) in [5, 5.41) is 12.7. The summed E-state index contributed by atoms with van der Waals surface area (Å²) in [7, 11) is 1.75. The topological polar surface area (TPSA) is 107 Å². The molecule has 188 valence electrons. The largest absolute Gasteiger partial charge is 0.444 e. The molecule has 1 rings (SSSR count). The van der Waals surface area contributed by atoms with Crippen LogP contribution in [0.4, 0.5) is 4.79 Å². The monoisotopic (exact) mass is 568 g/mol. The van der Waals surface area contributed by atoms with Crippen LogP contribution in [0.3, 0.4) is 0 Å². The Balaban J connectivity index is 0.00000961. The van der Waals surface area contributed by atoms with E-state index in [4.69, 9.17) is 4.74 Å². The fourth-order valence-corrected chi connectivity index (χ4v) is 3.41. The molecule has 1 aliphatic heterocycles. The number of aliphatic imine (C=N–C) groups is 1. The number of halogens is 1. The number of amides is 2. The van der Waals surface area contributed by atoms with Crippen LogP contribution < -0.4 is 21.3 Å². The minimum Gasteiger partial charge on any atom is -0.444 e. The molecule has 1 aliphatic rings. The highest BCUT2D eigenvalue weighted by atomic mass is 127. The van der Waals surface area contributed by atoms with Crippen molar-refractivity contribution in [2.24, 2.45) is 4.99 Å². The molecule has 0 aromatic heterocycles. The predicted octanol–water partition coefficient (Wildman–Crippen LogP) is 2.45. The number of piperidine rings is 1. The first kappa shape index (κ1) is 30.7. The van der Waals surface area contributed by atoms with Gasteiger partial charge in [-0.3, -0.25) is 14.7 Å². The van der Waals surface area contributed by atoms with Gasteiger partial charge in [-0.2, -0.15) is 0 Å². The number of carbonyl (C=O) groups excluding carboxylic acids is 2. The molecule has 10 heteroatoms. The normalized spacial score (nSPS) is 16.5. The lowest BCUT2D eigenvalue weighted by atomic mass is 10.1. The van der Waals surface area contributed by atoms with Gasteiger partial charge < -0.3 is 26.0 Å². The number of ether oxygens (including phenoxy) is 1. The van der Waals surface area contributed by atoms with Gasteiger partial charge in [-0.05, 0) is 46.5 Å². The van der Waals surface area contributed by atoms with Gasteiger partial charge in [0.25, 0.3) is 0 Å². The van der Waals surface area contributed by atoms with E-state index in [1.165, 1.54) is 0 Å². The molecule has 0 aromatic carbocycles. The lowest BCUT2D eigenvalue weighted by Gasteiger charge is -2.33. The number of hydrogen-bond donors (Lipinski definition) is 4. The molecule has 0 radical (unpaired) electrons. The van der Waals surface area contributed by atoms with Crippen molar-refractivity contribution in [2.75, 3.05) is 39.8 Å². The maximum absolute atomic E-state index is 12.1. The number of hydrogen-bond acceptors (Lipinski definition) is 5. The summed E-state index contributed by atoms with van der Waals surface area (Å²) in [6, 6.07) is 0.270. The van der Waals surface area contributed by atoms with E-state index in [9.17, 15) is 9.59 Å². The minimum atomic E-state index is -0.516. The third-order valence-electron chi connectivity index (χ3n) is 4.97. The summed E-state index contributed by atoms with van der Waals surface area (Å²) in [5.74, 6) is 0.830. The van der Waals surface area contributed by atoms with Crippen molar-refractivity contribution in [3.63, 3.8) is 0 Å². The van der Waals surface area contributed by atoms with E-state index in [-0.39, 0.29) is 35.9 Å². The summed E-state index contributed by atoms with van der Waals surface area (Å²) in [6.45, 7) is 13.2. The molecule has 4 N–H and O–H groups in total. The van der Waals surface area contributed by atoms with E-state index in [1.807, 2.05) is 20.8 Å². The van der Waals surface area contributed by atoms with Crippen molar-refractivity contribution in [1.82, 2.24) is 26.2 Å². The van der Waals surface area contributed by atoms with Crippen molar-refractivity contribution in [2.45, 2.75) is 84.4 Å². The maximum Gasteiger partial charge on any atom is 0.407 e. The predicted molar refractivity (Wildman–Crippen MR) is 141 cm³/mol. The molecule has 1 fully saturated rings. The second kappa shape index (κ2) is 16.3. The van der Waals surface area contributed by atoms with Gasteiger partial charge in [0.05, 0.1) is 6.54 Å². The Kier molecular flexibility index (Phi) is 15.7. The number of alkyl carbamates (subject to hydrolysis) is 1. The molecule has 0 aromatic rings. The molecule has 1 heterocycles. The van der Waals surface area contributed by atoms with Crippen LogP contribution in [0.1, 0.15) is 66.7 Å². The average Bonchev–Trinajstić information content (AvgIpc) is 2.69. The average molecular weight is 569 g/mol. The van der Waals surface area contributed by atoms with Gasteiger partial charge in [0.1, 0.15) is 5.60 Å². The first-order valence-corrected chi connectivity index (χ1v) is 11.6. The quantitative estimate of drug-likeness (QED) is 0.183. The van der Waals surface area contributed by atoms with Crippen LogP contribution in [0.5, 0.6) is 0 Å². The Hall–Kier alpha value is -1.30. The molecule has 1 atom stereocenters. The lowest BCUT2D eigenvalue weighted by molar-refractivity contribution is -0.122. The highest BCUT2D eigenvalue weighted by Gasteiger charge is 2.22. The van der Waals surface area contributed by atoms with Crippen LogP contribution in [0, 0.1) is 0 Å². The Morgan fingerprint density at radius 2 is 1.78 bits per heavy atom. The summed E-state index contributed by atoms with van der Waals surface area (Å²) in [4.78, 5) is 30.5. The zero-order valence-electron chi connectivity index (χ0n) is 20.8. The van der Waals surface area contributed by atoms with E-state index in [0.717, 1.165) is 57.7 Å². The molecule has 0 spiro atoms. The number of nitrogens with one attached hydrogen (secondary N) is 4. The summed E-state index contributed by atoms with van der Waals surface area (Å²) < 4.78 is 5.37. The highest BCUT2D eigenvalue weighted by molar-refractivity contribution is 14.0. The van der Waals surface area contributed by atoms with E-state index in [1.54, 1.807) is 7.05 Å². The number of guanidine groups is 1. The van der Waals surface area contributed by atoms with Crippen LogP contribution in [-0.4, -0.2) is 80.3 Å². The zero-order chi connectivity index (χ0) is 23.3. The van der Waals surface area contributed by atoms with Gasteiger partial charge in [-0.15, -0.1) is 24.0 Å². The lowest BCUT2D eigenvalue weighted by Crippen LogP contribution is -2.52. The fraction of sp³-hybridized carbons (Fsp3) is 0.864. The molecular weight excluding hydrogens is 523 g/mol. The maximum atomic E-state index is 12.1. The molecule has 32 heavy (non-hydrogen) atoms. The molecule has 1 unspecified atom stereocenters. The molecule has 0 bridgehead atoms. The van der Waals surface area contributed by atoms with Gasteiger partial charge in [0.2, 0.25) is 5.91 Å². The summed E-state index contributed by atoms with van der Waals surface area (Å²) >= 11 is 0. The van der Waals surface area contributed by atoms with Crippen molar-refractivity contribution >= 4 is 41.9 Å². The fourth-order valence-electron chi connectivity index (χ4n) is 3.41. The molecule has 0 saturated carbocycles. The van der Waals surface area contributed by atoms with E-state index < -0.39 is 11.7 Å². The van der Waals surface area contributed by atoms with Gasteiger partial charge in [0.15, 0.2) is 5.96 Å². The van der Waals surface area contributed by atoms with Crippen molar-refractivity contribution in [1.29, 1.82) is 0 Å². The zero-order valence-corrected chi connectivity index (χ0v) is 23.1. The third-order valence-corrected chi connectivity index (χ3v) is 4.97. The summed E-state index contributed by atoms with van der Waals surface area (Å²) in [6.07, 6.45) is 4.27. The molecule has 2 amide bonds. The number of rotatable bonds is 10. The smallest absolute Gasteiger partial charge is 0.407 e. The Morgan fingerprint density at radius 3 is 2.31 bits per heavy atom. The summed E-state index contributed by atoms with van der Waals surface area (Å²) in [5.41, 5.74) is -0.516. The second-order valence-corrected chi connectivity index (χ2v) is 9.13. The molecule has 9 nitrogen and oxygen atoms in total. The van der Waals surface area contributed by atoms with E-state index in [0.29, 0.717) is 19.1 Å². The second-order valence-electron chi connectivity index (χ2n) is 9.13. The number of nitrogens with zero attached hydrogens (tertiary/aromatic N) is 2.